The first-order valence-electron chi connectivity index (χ1n) is 2.13. The van der Waals surface area contributed by atoms with E-state index in [0.717, 1.165) is 0 Å². The summed E-state index contributed by atoms with van der Waals surface area (Å²) in [5.41, 5.74) is 0. The molecule has 0 rings (SSSR count). The third-order valence-corrected chi connectivity index (χ3v) is 0.589. The molecule has 0 spiro atoms. The number of carbonyl (C=O) groups is 1. The minimum absolute atomic E-state index is 0. The molecule has 0 aromatic heterocycles. The number of carboxylic acids is 1. The zero-order valence-electron chi connectivity index (χ0n) is 4.27. The van der Waals surface area contributed by atoms with Crippen molar-refractivity contribution in [1.29, 1.82) is 0 Å². The summed E-state index contributed by atoms with van der Waals surface area (Å²) in [5.74, 6) is -0.755. The summed E-state index contributed by atoms with van der Waals surface area (Å²) in [7, 11) is 1.73. The second-order valence-electron chi connectivity index (χ2n) is 1.25. The van der Waals surface area contributed by atoms with Crippen LogP contribution in [0, 0.1) is 0 Å². The number of hydrogen-bond acceptors (Lipinski definition) is 2. The quantitative estimate of drug-likeness (QED) is 0.500. The number of aliphatic carboxylic acids is 1. The SMILES string of the molecule is CNCCC(=O)O.[KH]. The molecule has 0 heterocycles. The first-order chi connectivity index (χ1) is 3.27. The van der Waals surface area contributed by atoms with Gasteiger partial charge in [-0.15, -0.1) is 0 Å². The van der Waals surface area contributed by atoms with Crippen molar-refractivity contribution in [3.8, 4) is 0 Å². The molecule has 3 nitrogen and oxygen atoms in total. The van der Waals surface area contributed by atoms with Gasteiger partial charge in [-0.3, -0.25) is 4.79 Å². The third kappa shape index (κ3) is 10.1. The zero-order valence-corrected chi connectivity index (χ0v) is 4.27. The van der Waals surface area contributed by atoms with Crippen LogP contribution in [-0.2, 0) is 4.79 Å². The molecule has 0 saturated heterocycles. The van der Waals surface area contributed by atoms with Crippen molar-refractivity contribution in [2.45, 2.75) is 6.42 Å². The van der Waals surface area contributed by atoms with Crippen LogP contribution in [0.25, 0.3) is 0 Å². The van der Waals surface area contributed by atoms with Crippen molar-refractivity contribution in [3.05, 3.63) is 0 Å². The summed E-state index contributed by atoms with van der Waals surface area (Å²) in [6, 6.07) is 0. The fraction of sp³-hybridized carbons (Fsp3) is 0.750. The molecule has 0 aliphatic carbocycles. The molecule has 0 fully saturated rings. The Morgan fingerprint density at radius 2 is 2.25 bits per heavy atom. The molecule has 0 aliphatic heterocycles. The molecule has 8 heavy (non-hydrogen) atoms. The zero-order chi connectivity index (χ0) is 5.70. The summed E-state index contributed by atoms with van der Waals surface area (Å²) in [4.78, 5) is 9.72. The van der Waals surface area contributed by atoms with Gasteiger partial charge in [-0.25, -0.2) is 0 Å². The Balaban J connectivity index is 0. The van der Waals surface area contributed by atoms with Gasteiger partial charge in [0, 0.05) is 6.54 Å². The van der Waals surface area contributed by atoms with Crippen molar-refractivity contribution in [2.24, 2.45) is 0 Å². The molecule has 0 radical (unpaired) electrons. The predicted octanol–water partition coefficient (Wildman–Crippen LogP) is -0.968. The molecule has 0 saturated carbocycles. The average molecular weight is 143 g/mol. The Morgan fingerprint density at radius 1 is 1.75 bits per heavy atom. The molecule has 0 bridgehead atoms. The normalized spacial score (nSPS) is 7.62. The van der Waals surface area contributed by atoms with Gasteiger partial charge in [0.25, 0.3) is 0 Å². The van der Waals surface area contributed by atoms with Gasteiger partial charge in [0.2, 0.25) is 0 Å². The van der Waals surface area contributed by atoms with Gasteiger partial charge in [-0.1, -0.05) is 0 Å². The van der Waals surface area contributed by atoms with E-state index < -0.39 is 5.97 Å². The van der Waals surface area contributed by atoms with E-state index >= 15 is 0 Å². The minimum atomic E-state index is -0.755. The van der Waals surface area contributed by atoms with E-state index in [2.05, 4.69) is 5.32 Å². The van der Waals surface area contributed by atoms with Gasteiger partial charge in [0.05, 0.1) is 6.42 Å². The van der Waals surface area contributed by atoms with E-state index in [-0.39, 0.29) is 57.8 Å². The van der Waals surface area contributed by atoms with Crippen LogP contribution in [0.5, 0.6) is 0 Å². The molecule has 0 atom stereocenters. The number of carboxylic acid groups (broad SMARTS) is 1. The number of rotatable bonds is 3. The summed E-state index contributed by atoms with van der Waals surface area (Å²) in [6.45, 7) is 0.551. The summed E-state index contributed by atoms with van der Waals surface area (Å²) in [6.07, 6.45) is 0.205. The predicted molar refractivity (Wildman–Crippen MR) is 33.3 cm³/mol. The maximum atomic E-state index is 9.72. The second kappa shape index (κ2) is 8.07. The number of nitrogens with one attached hydrogen (secondary N) is 1. The van der Waals surface area contributed by atoms with Crippen LogP contribution in [0.2, 0.25) is 0 Å². The molecule has 0 aromatic carbocycles. The standard InChI is InChI=1S/C4H9NO2.K.H/c1-5-3-2-4(6)7;;/h5H,2-3H2,1H3,(H,6,7);;. The summed E-state index contributed by atoms with van der Waals surface area (Å²) >= 11 is 0. The fourth-order valence-electron chi connectivity index (χ4n) is 0.232. The van der Waals surface area contributed by atoms with Gasteiger partial charge in [-0.2, -0.15) is 0 Å². The molecule has 44 valence electrons. The van der Waals surface area contributed by atoms with E-state index in [1.165, 1.54) is 0 Å². The van der Waals surface area contributed by atoms with Crippen LogP contribution in [0.4, 0.5) is 0 Å². The third-order valence-electron chi connectivity index (χ3n) is 0.589. The average Bonchev–Trinajstić information content (AvgIpc) is 1.61. The summed E-state index contributed by atoms with van der Waals surface area (Å²) in [5, 5.41) is 10.7. The van der Waals surface area contributed by atoms with Crippen LogP contribution in [0.15, 0.2) is 0 Å². The topological polar surface area (TPSA) is 49.3 Å². The van der Waals surface area contributed by atoms with E-state index in [1.807, 2.05) is 0 Å². The molecule has 2 N–H and O–H groups in total. The molecular formula is C4H10KNO2. The van der Waals surface area contributed by atoms with Crippen molar-refractivity contribution < 1.29 is 9.90 Å². The van der Waals surface area contributed by atoms with Crippen LogP contribution in [0.3, 0.4) is 0 Å². The van der Waals surface area contributed by atoms with Crippen LogP contribution < -0.4 is 5.32 Å². The van der Waals surface area contributed by atoms with Gasteiger partial charge in [-0.05, 0) is 7.05 Å². The van der Waals surface area contributed by atoms with Crippen molar-refractivity contribution in [3.63, 3.8) is 0 Å². The monoisotopic (exact) mass is 143 g/mol. The van der Waals surface area contributed by atoms with E-state index in [9.17, 15) is 4.79 Å². The van der Waals surface area contributed by atoms with Gasteiger partial charge in [0.15, 0.2) is 0 Å². The van der Waals surface area contributed by atoms with Crippen LogP contribution >= 0.6 is 0 Å². The Kier molecular flexibility index (Phi) is 11.9. The first kappa shape index (κ1) is 11.8. The van der Waals surface area contributed by atoms with Crippen LogP contribution in [-0.4, -0.2) is 76.1 Å². The number of hydrogen-bond donors (Lipinski definition) is 2. The van der Waals surface area contributed by atoms with Crippen molar-refractivity contribution in [1.82, 2.24) is 5.32 Å². The fourth-order valence-corrected chi connectivity index (χ4v) is 0.232. The van der Waals surface area contributed by atoms with E-state index in [0.29, 0.717) is 6.54 Å². The molecule has 4 heteroatoms. The van der Waals surface area contributed by atoms with E-state index in [4.69, 9.17) is 5.11 Å². The van der Waals surface area contributed by atoms with Crippen LogP contribution in [0.1, 0.15) is 6.42 Å². The maximum absolute atomic E-state index is 9.72. The molecule has 0 unspecified atom stereocenters. The Labute approximate surface area is 91.3 Å². The molecular weight excluding hydrogens is 133 g/mol. The van der Waals surface area contributed by atoms with Crippen molar-refractivity contribution in [2.75, 3.05) is 13.6 Å². The Morgan fingerprint density at radius 3 is 2.38 bits per heavy atom. The van der Waals surface area contributed by atoms with E-state index in [1.54, 1.807) is 7.05 Å². The second-order valence-corrected chi connectivity index (χ2v) is 1.25. The summed E-state index contributed by atoms with van der Waals surface area (Å²) < 4.78 is 0. The molecule has 0 aromatic rings. The first-order valence-corrected chi connectivity index (χ1v) is 2.13. The van der Waals surface area contributed by atoms with Gasteiger partial charge < -0.3 is 10.4 Å². The Bertz CT molecular complexity index is 67.1. The van der Waals surface area contributed by atoms with Gasteiger partial charge >= 0.3 is 57.4 Å². The van der Waals surface area contributed by atoms with Gasteiger partial charge in [0.1, 0.15) is 0 Å². The Hall–Kier alpha value is 1.07. The molecule has 0 aliphatic rings. The van der Waals surface area contributed by atoms with Crippen molar-refractivity contribution >= 4 is 57.4 Å². The molecule has 0 amide bonds.